The lowest BCUT2D eigenvalue weighted by atomic mass is 10.1. The van der Waals surface area contributed by atoms with Crippen LogP contribution in [0.25, 0.3) is 0 Å². The molecule has 0 aromatic heterocycles. The molecule has 1 unspecified atom stereocenters. The van der Waals surface area contributed by atoms with Gasteiger partial charge in [0.1, 0.15) is 6.04 Å². The lowest BCUT2D eigenvalue weighted by Crippen LogP contribution is -2.42. The summed E-state index contributed by atoms with van der Waals surface area (Å²) in [6.07, 6.45) is 0.684. The van der Waals surface area contributed by atoms with E-state index in [1.165, 1.54) is 0 Å². The molecule has 0 radical (unpaired) electrons. The number of aliphatic hydroxyl groups is 1. The topological polar surface area (TPSA) is 75.3 Å². The highest BCUT2D eigenvalue weighted by molar-refractivity contribution is 5.83. The van der Waals surface area contributed by atoms with Crippen LogP contribution in [0, 0.1) is 0 Å². The van der Waals surface area contributed by atoms with Gasteiger partial charge in [0.15, 0.2) is 0 Å². The van der Waals surface area contributed by atoms with Gasteiger partial charge in [-0.1, -0.05) is 37.3 Å². The Bertz CT molecular complexity index is 323. The van der Waals surface area contributed by atoms with E-state index in [1.807, 2.05) is 37.3 Å². The van der Waals surface area contributed by atoms with E-state index in [0.29, 0.717) is 6.42 Å². The largest absolute Gasteiger partial charge is 0.394 e. The third-order valence-corrected chi connectivity index (χ3v) is 2.50. The van der Waals surface area contributed by atoms with E-state index in [-0.39, 0.29) is 18.6 Å². The number of aliphatic hydroxyl groups excluding tert-OH is 1. The van der Waals surface area contributed by atoms with Gasteiger partial charge in [0.2, 0.25) is 5.91 Å². The maximum Gasteiger partial charge on any atom is 0.241 e. The predicted octanol–water partition coefficient (Wildman–Crippen LogP) is 0.573. The summed E-state index contributed by atoms with van der Waals surface area (Å²) in [5.74, 6) is -0.257. The summed E-state index contributed by atoms with van der Waals surface area (Å²) >= 11 is 0. The summed E-state index contributed by atoms with van der Waals surface area (Å²) in [6, 6.07) is 8.27. The molecule has 0 aliphatic rings. The first-order chi connectivity index (χ1) is 7.69. The molecular weight excluding hydrogens is 204 g/mol. The first-order valence-corrected chi connectivity index (χ1v) is 5.40. The van der Waals surface area contributed by atoms with Crippen LogP contribution in [0.15, 0.2) is 30.3 Å². The van der Waals surface area contributed by atoms with Gasteiger partial charge in [-0.15, -0.1) is 0 Å². The Morgan fingerprint density at radius 1 is 1.44 bits per heavy atom. The van der Waals surface area contributed by atoms with Gasteiger partial charge in [-0.05, 0) is 12.0 Å². The molecule has 0 aliphatic heterocycles. The Kier molecular flexibility index (Phi) is 4.95. The number of rotatable bonds is 5. The van der Waals surface area contributed by atoms with Crippen molar-refractivity contribution >= 4 is 5.91 Å². The molecule has 1 amide bonds. The molecule has 1 rings (SSSR count). The van der Waals surface area contributed by atoms with Gasteiger partial charge in [-0.25, -0.2) is 0 Å². The lowest BCUT2D eigenvalue weighted by molar-refractivity contribution is -0.123. The Morgan fingerprint density at radius 2 is 2.06 bits per heavy atom. The number of nitrogens with one attached hydrogen (secondary N) is 1. The second-order valence-corrected chi connectivity index (χ2v) is 3.68. The number of hydrogen-bond acceptors (Lipinski definition) is 3. The van der Waals surface area contributed by atoms with Crippen LogP contribution in [0.4, 0.5) is 0 Å². The molecule has 88 valence electrons. The maximum atomic E-state index is 11.7. The summed E-state index contributed by atoms with van der Waals surface area (Å²) in [7, 11) is 0. The Labute approximate surface area is 95.5 Å². The SMILES string of the molecule is CC[C@H](CO)NC(=O)C(N)c1ccccc1. The molecule has 0 spiro atoms. The minimum Gasteiger partial charge on any atom is -0.394 e. The zero-order valence-corrected chi connectivity index (χ0v) is 9.39. The third-order valence-electron chi connectivity index (χ3n) is 2.50. The lowest BCUT2D eigenvalue weighted by Gasteiger charge is -2.17. The van der Waals surface area contributed by atoms with Crippen molar-refractivity contribution in [3.8, 4) is 0 Å². The Hall–Kier alpha value is -1.39. The Morgan fingerprint density at radius 3 is 2.56 bits per heavy atom. The predicted molar refractivity (Wildman–Crippen MR) is 62.7 cm³/mol. The second-order valence-electron chi connectivity index (χ2n) is 3.68. The van der Waals surface area contributed by atoms with Crippen LogP contribution in [-0.4, -0.2) is 23.7 Å². The van der Waals surface area contributed by atoms with Gasteiger partial charge >= 0.3 is 0 Å². The standard InChI is InChI=1S/C12H18N2O2/c1-2-10(8-15)14-12(16)11(13)9-6-4-3-5-7-9/h3-7,10-11,15H,2,8,13H2,1H3,(H,14,16)/t10-,11?/m1/s1. The summed E-state index contributed by atoms with van der Waals surface area (Å²) in [5, 5.41) is 11.7. The fourth-order valence-electron chi connectivity index (χ4n) is 1.38. The second kappa shape index (κ2) is 6.25. The van der Waals surface area contributed by atoms with Crippen molar-refractivity contribution < 1.29 is 9.90 Å². The third kappa shape index (κ3) is 3.32. The van der Waals surface area contributed by atoms with E-state index < -0.39 is 6.04 Å². The fourth-order valence-corrected chi connectivity index (χ4v) is 1.38. The van der Waals surface area contributed by atoms with Crippen molar-refractivity contribution in [3.05, 3.63) is 35.9 Å². The number of carbonyl (C=O) groups is 1. The normalized spacial score (nSPS) is 14.2. The Balaban J connectivity index is 2.61. The number of hydrogen-bond donors (Lipinski definition) is 3. The van der Waals surface area contributed by atoms with Gasteiger partial charge in [0.25, 0.3) is 0 Å². The molecule has 0 saturated heterocycles. The molecule has 1 aromatic rings. The zero-order valence-electron chi connectivity index (χ0n) is 9.39. The molecule has 4 heteroatoms. The zero-order chi connectivity index (χ0) is 12.0. The highest BCUT2D eigenvalue weighted by Crippen LogP contribution is 2.09. The van der Waals surface area contributed by atoms with E-state index in [4.69, 9.17) is 10.8 Å². The van der Waals surface area contributed by atoms with Gasteiger partial charge in [-0.2, -0.15) is 0 Å². The summed E-state index contributed by atoms with van der Waals surface area (Å²) in [5.41, 5.74) is 6.57. The minimum absolute atomic E-state index is 0.0657. The minimum atomic E-state index is -0.679. The molecule has 1 aromatic carbocycles. The van der Waals surface area contributed by atoms with Crippen molar-refractivity contribution in [1.29, 1.82) is 0 Å². The van der Waals surface area contributed by atoms with Crippen LogP contribution < -0.4 is 11.1 Å². The number of benzene rings is 1. The van der Waals surface area contributed by atoms with Crippen molar-refractivity contribution in [2.24, 2.45) is 5.73 Å². The number of carbonyl (C=O) groups excluding carboxylic acids is 1. The van der Waals surface area contributed by atoms with Crippen LogP contribution in [-0.2, 0) is 4.79 Å². The van der Waals surface area contributed by atoms with Gasteiger partial charge < -0.3 is 16.2 Å². The fraction of sp³-hybridized carbons (Fsp3) is 0.417. The first kappa shape index (κ1) is 12.7. The molecule has 16 heavy (non-hydrogen) atoms. The van der Waals surface area contributed by atoms with Crippen LogP contribution in [0.3, 0.4) is 0 Å². The van der Waals surface area contributed by atoms with Crippen LogP contribution in [0.5, 0.6) is 0 Å². The maximum absolute atomic E-state index is 11.7. The molecule has 4 N–H and O–H groups in total. The van der Waals surface area contributed by atoms with E-state index in [9.17, 15) is 4.79 Å². The van der Waals surface area contributed by atoms with Gasteiger partial charge in [0.05, 0.1) is 12.6 Å². The van der Waals surface area contributed by atoms with Crippen molar-refractivity contribution in [1.82, 2.24) is 5.32 Å². The molecular formula is C12H18N2O2. The van der Waals surface area contributed by atoms with E-state index in [1.54, 1.807) is 0 Å². The van der Waals surface area contributed by atoms with Gasteiger partial charge in [0, 0.05) is 0 Å². The van der Waals surface area contributed by atoms with E-state index in [0.717, 1.165) is 5.56 Å². The average Bonchev–Trinajstić information content (AvgIpc) is 2.35. The molecule has 0 aliphatic carbocycles. The summed E-state index contributed by atoms with van der Waals surface area (Å²) in [6.45, 7) is 1.83. The molecule has 0 bridgehead atoms. The monoisotopic (exact) mass is 222 g/mol. The summed E-state index contributed by atoms with van der Waals surface area (Å²) in [4.78, 5) is 11.7. The smallest absolute Gasteiger partial charge is 0.241 e. The van der Waals surface area contributed by atoms with Crippen molar-refractivity contribution in [2.45, 2.75) is 25.4 Å². The van der Waals surface area contributed by atoms with Crippen molar-refractivity contribution in [2.75, 3.05) is 6.61 Å². The van der Waals surface area contributed by atoms with E-state index in [2.05, 4.69) is 5.32 Å². The quantitative estimate of drug-likeness (QED) is 0.682. The number of amides is 1. The average molecular weight is 222 g/mol. The molecule has 0 fully saturated rings. The molecule has 0 heterocycles. The van der Waals surface area contributed by atoms with Crippen LogP contribution >= 0.6 is 0 Å². The van der Waals surface area contributed by atoms with E-state index >= 15 is 0 Å². The molecule has 2 atom stereocenters. The molecule has 0 saturated carbocycles. The van der Waals surface area contributed by atoms with Gasteiger partial charge in [-0.3, -0.25) is 4.79 Å². The van der Waals surface area contributed by atoms with Crippen molar-refractivity contribution in [3.63, 3.8) is 0 Å². The first-order valence-electron chi connectivity index (χ1n) is 5.40. The summed E-state index contributed by atoms with van der Waals surface area (Å²) < 4.78 is 0. The van der Waals surface area contributed by atoms with Crippen LogP contribution in [0.2, 0.25) is 0 Å². The van der Waals surface area contributed by atoms with Crippen LogP contribution in [0.1, 0.15) is 24.9 Å². The molecule has 4 nitrogen and oxygen atoms in total. The number of nitrogens with two attached hydrogens (primary N) is 1. The highest BCUT2D eigenvalue weighted by atomic mass is 16.3. The highest BCUT2D eigenvalue weighted by Gasteiger charge is 2.17.